The number of benzene rings is 1. The Bertz CT molecular complexity index is 504. The molecule has 0 amide bonds. The number of halogens is 1. The maximum atomic E-state index is 12.0. The highest BCUT2D eigenvalue weighted by Gasteiger charge is 2.22. The van der Waals surface area contributed by atoms with E-state index < -0.39 is 10.0 Å². The van der Waals surface area contributed by atoms with Crippen LogP contribution in [0.4, 0.5) is 0 Å². The highest BCUT2D eigenvalue weighted by Crippen LogP contribution is 2.14. The van der Waals surface area contributed by atoms with E-state index in [-0.39, 0.29) is 36.9 Å². The van der Waals surface area contributed by atoms with E-state index in [2.05, 4.69) is 4.72 Å². The van der Waals surface area contributed by atoms with Gasteiger partial charge in [0.1, 0.15) is 0 Å². The Morgan fingerprint density at radius 2 is 2.00 bits per heavy atom. The van der Waals surface area contributed by atoms with Crippen molar-refractivity contribution >= 4 is 22.4 Å². The fraction of sp³-hybridized carbons (Fsp3) is 0.571. The zero-order valence-corrected chi connectivity index (χ0v) is 13.5. The molecule has 1 aromatic rings. The zero-order valence-electron chi connectivity index (χ0n) is 11.9. The topological polar surface area (TPSA) is 81.4 Å². The first-order valence-electron chi connectivity index (χ1n) is 6.96. The largest absolute Gasteiger partial charge is 0.377 e. The van der Waals surface area contributed by atoms with Gasteiger partial charge in [-0.25, -0.2) is 13.1 Å². The van der Waals surface area contributed by atoms with Gasteiger partial charge in [-0.3, -0.25) is 0 Å². The molecule has 0 saturated carbocycles. The lowest BCUT2D eigenvalue weighted by Crippen LogP contribution is -2.38. The van der Waals surface area contributed by atoms with Gasteiger partial charge >= 0.3 is 0 Å². The molecule has 3 N–H and O–H groups in total. The van der Waals surface area contributed by atoms with Crippen molar-refractivity contribution in [3.05, 3.63) is 35.9 Å². The molecule has 0 radical (unpaired) electrons. The van der Waals surface area contributed by atoms with Gasteiger partial charge < -0.3 is 10.5 Å². The predicted molar refractivity (Wildman–Crippen MR) is 86.0 cm³/mol. The molecule has 21 heavy (non-hydrogen) atoms. The smallest absolute Gasteiger partial charge is 0.214 e. The van der Waals surface area contributed by atoms with Crippen LogP contribution in [0.25, 0.3) is 0 Å². The fourth-order valence-electron chi connectivity index (χ4n) is 2.28. The summed E-state index contributed by atoms with van der Waals surface area (Å²) in [5, 5.41) is 0. The summed E-state index contributed by atoms with van der Waals surface area (Å²) in [7, 11) is -3.34. The third-order valence-electron chi connectivity index (χ3n) is 3.43. The lowest BCUT2D eigenvalue weighted by atomic mass is 10.1. The van der Waals surface area contributed by atoms with Crippen LogP contribution in [0.5, 0.6) is 0 Å². The van der Waals surface area contributed by atoms with E-state index in [1.165, 1.54) is 0 Å². The third-order valence-corrected chi connectivity index (χ3v) is 4.85. The van der Waals surface area contributed by atoms with Gasteiger partial charge in [0.05, 0.1) is 11.9 Å². The van der Waals surface area contributed by atoms with E-state index >= 15 is 0 Å². The monoisotopic (exact) mass is 334 g/mol. The second kappa shape index (κ2) is 8.70. The van der Waals surface area contributed by atoms with Crippen molar-refractivity contribution in [3.63, 3.8) is 0 Å². The molecular weight excluding hydrogens is 312 g/mol. The van der Waals surface area contributed by atoms with Crippen LogP contribution in [-0.2, 0) is 14.8 Å². The van der Waals surface area contributed by atoms with Crippen LogP contribution in [0, 0.1) is 0 Å². The summed E-state index contributed by atoms with van der Waals surface area (Å²) < 4.78 is 32.0. The van der Waals surface area contributed by atoms with Crippen LogP contribution in [0.2, 0.25) is 0 Å². The Hall–Kier alpha value is -0.660. The Morgan fingerprint density at radius 1 is 1.29 bits per heavy atom. The molecule has 2 atom stereocenters. The van der Waals surface area contributed by atoms with Crippen LogP contribution in [-0.4, -0.2) is 33.4 Å². The minimum absolute atomic E-state index is 0. The number of nitrogens with one attached hydrogen (secondary N) is 1. The van der Waals surface area contributed by atoms with E-state index in [0.29, 0.717) is 6.61 Å². The summed E-state index contributed by atoms with van der Waals surface area (Å²) in [6.45, 7) is 0.864. The predicted octanol–water partition coefficient (Wildman–Crippen LogP) is 1.60. The van der Waals surface area contributed by atoms with Crippen molar-refractivity contribution in [2.24, 2.45) is 5.73 Å². The van der Waals surface area contributed by atoms with Gasteiger partial charge in [-0.05, 0) is 24.8 Å². The summed E-state index contributed by atoms with van der Waals surface area (Å²) in [4.78, 5) is 0. The number of rotatable bonds is 6. The summed E-state index contributed by atoms with van der Waals surface area (Å²) >= 11 is 0. The van der Waals surface area contributed by atoms with E-state index in [0.717, 1.165) is 24.8 Å². The SMILES string of the molecule is Cl.NC(CNS(=O)(=O)CC1CCCCO1)c1ccccc1. The lowest BCUT2D eigenvalue weighted by molar-refractivity contribution is 0.0304. The molecule has 2 unspecified atom stereocenters. The molecule has 1 aliphatic rings. The van der Waals surface area contributed by atoms with E-state index in [1.807, 2.05) is 30.3 Å². The second-order valence-electron chi connectivity index (χ2n) is 5.14. The normalized spacial score (nSPS) is 20.5. The third kappa shape index (κ3) is 6.32. The molecular formula is C14H23ClN2O3S. The maximum absolute atomic E-state index is 12.0. The first kappa shape index (κ1) is 18.4. The maximum Gasteiger partial charge on any atom is 0.214 e. The van der Waals surface area contributed by atoms with Crippen LogP contribution in [0.15, 0.2) is 30.3 Å². The number of hydrogen-bond donors (Lipinski definition) is 2. The zero-order chi connectivity index (χ0) is 14.4. The lowest BCUT2D eigenvalue weighted by Gasteiger charge is -2.22. The van der Waals surface area contributed by atoms with Gasteiger partial charge in [0.25, 0.3) is 0 Å². The van der Waals surface area contributed by atoms with Gasteiger partial charge in [0.2, 0.25) is 10.0 Å². The fourth-order valence-corrected chi connectivity index (χ4v) is 3.58. The Morgan fingerprint density at radius 3 is 2.62 bits per heavy atom. The Kier molecular flexibility index (Phi) is 7.62. The van der Waals surface area contributed by atoms with Crippen molar-refractivity contribution in [3.8, 4) is 0 Å². The molecule has 1 heterocycles. The number of sulfonamides is 1. The van der Waals surface area contributed by atoms with Crippen molar-refractivity contribution in [2.45, 2.75) is 31.4 Å². The first-order valence-corrected chi connectivity index (χ1v) is 8.61. The molecule has 0 aromatic heterocycles. The van der Waals surface area contributed by atoms with Crippen LogP contribution in [0.1, 0.15) is 30.9 Å². The van der Waals surface area contributed by atoms with Crippen molar-refractivity contribution in [1.29, 1.82) is 0 Å². The Labute approximate surface area is 132 Å². The van der Waals surface area contributed by atoms with E-state index in [4.69, 9.17) is 10.5 Å². The number of ether oxygens (including phenoxy) is 1. The molecule has 0 bridgehead atoms. The quantitative estimate of drug-likeness (QED) is 0.828. The van der Waals surface area contributed by atoms with Crippen LogP contribution >= 0.6 is 12.4 Å². The van der Waals surface area contributed by atoms with Crippen molar-refractivity contribution in [2.75, 3.05) is 18.9 Å². The summed E-state index contributed by atoms with van der Waals surface area (Å²) in [6, 6.07) is 9.13. The van der Waals surface area contributed by atoms with Gasteiger partial charge in [-0.2, -0.15) is 0 Å². The molecule has 120 valence electrons. The summed E-state index contributed by atoms with van der Waals surface area (Å²) in [5.41, 5.74) is 6.90. The van der Waals surface area contributed by atoms with Crippen LogP contribution < -0.4 is 10.5 Å². The highest BCUT2D eigenvalue weighted by molar-refractivity contribution is 7.89. The first-order chi connectivity index (χ1) is 9.57. The van der Waals surface area contributed by atoms with E-state index in [9.17, 15) is 8.42 Å². The molecule has 1 fully saturated rings. The van der Waals surface area contributed by atoms with Crippen molar-refractivity contribution in [1.82, 2.24) is 4.72 Å². The average molecular weight is 335 g/mol. The summed E-state index contributed by atoms with van der Waals surface area (Å²) in [6.07, 6.45) is 2.67. The number of nitrogens with two attached hydrogens (primary N) is 1. The van der Waals surface area contributed by atoms with E-state index in [1.54, 1.807) is 0 Å². The molecule has 7 heteroatoms. The standard InChI is InChI=1S/C14H22N2O3S.ClH/c15-14(12-6-2-1-3-7-12)10-16-20(17,18)11-13-8-4-5-9-19-13;/h1-3,6-7,13-14,16H,4-5,8-11,15H2;1H. The van der Waals surface area contributed by atoms with Crippen LogP contribution in [0.3, 0.4) is 0 Å². The average Bonchev–Trinajstić information content (AvgIpc) is 2.46. The highest BCUT2D eigenvalue weighted by atomic mass is 35.5. The van der Waals surface area contributed by atoms with Gasteiger partial charge in [-0.15, -0.1) is 12.4 Å². The molecule has 1 aromatic carbocycles. The number of hydrogen-bond acceptors (Lipinski definition) is 4. The van der Waals surface area contributed by atoms with Gasteiger partial charge in [0, 0.05) is 19.2 Å². The van der Waals surface area contributed by atoms with Gasteiger partial charge in [-0.1, -0.05) is 30.3 Å². The Balaban J connectivity index is 0.00000220. The molecule has 1 saturated heterocycles. The minimum Gasteiger partial charge on any atom is -0.377 e. The molecule has 5 nitrogen and oxygen atoms in total. The molecule has 0 spiro atoms. The van der Waals surface area contributed by atoms with Crippen molar-refractivity contribution < 1.29 is 13.2 Å². The summed E-state index contributed by atoms with van der Waals surface area (Å²) in [5.74, 6) is 0.0223. The molecule has 2 rings (SSSR count). The van der Waals surface area contributed by atoms with Gasteiger partial charge in [0.15, 0.2) is 0 Å². The minimum atomic E-state index is -3.34. The molecule has 1 aliphatic heterocycles. The molecule has 0 aliphatic carbocycles. The second-order valence-corrected chi connectivity index (χ2v) is 6.99.